The molecule has 0 bridgehead atoms. The second kappa shape index (κ2) is 5.71. The first-order chi connectivity index (χ1) is 9.41. The molecule has 3 N–H and O–H groups in total. The molecule has 1 saturated heterocycles. The fraction of sp³-hybridized carbons (Fsp3) is 0.500. The van der Waals surface area contributed by atoms with Crippen molar-refractivity contribution in [2.24, 2.45) is 0 Å². The number of ether oxygens (including phenoxy) is 2. The highest BCUT2D eigenvalue weighted by Crippen LogP contribution is 2.30. The third-order valence-electron chi connectivity index (χ3n) is 3.11. The van der Waals surface area contributed by atoms with E-state index in [1.54, 1.807) is 0 Å². The minimum Gasteiger partial charge on any atom is -0.455 e. The van der Waals surface area contributed by atoms with Gasteiger partial charge in [0.15, 0.2) is 5.75 Å². The molecule has 1 aromatic carbocycles. The number of nitrogens with zero attached hydrogens (tertiary/aromatic N) is 1. The quantitative estimate of drug-likeness (QED) is 0.519. The number of hydrogen-bond donors (Lipinski definition) is 3. The van der Waals surface area contributed by atoms with E-state index in [-0.39, 0.29) is 11.4 Å². The first-order valence-corrected chi connectivity index (χ1v) is 6.01. The summed E-state index contributed by atoms with van der Waals surface area (Å²) in [6.07, 6.45) is -6.30. The summed E-state index contributed by atoms with van der Waals surface area (Å²) in [5, 5.41) is 39.8. The SMILES string of the molecule is C[C@@H]1O[C@H](Oc2ccccc2[N+](=O)[O-])[C@H](O)[C@@H](O)[C@H]1O. The van der Waals surface area contributed by atoms with Gasteiger partial charge in [-0.2, -0.15) is 0 Å². The number of nitro groups is 1. The maximum absolute atomic E-state index is 10.9. The van der Waals surface area contributed by atoms with Crippen molar-refractivity contribution in [2.45, 2.75) is 37.6 Å². The Morgan fingerprint density at radius 1 is 1.20 bits per heavy atom. The minimum atomic E-state index is -1.51. The molecule has 1 heterocycles. The van der Waals surface area contributed by atoms with Gasteiger partial charge in [-0.25, -0.2) is 0 Å². The Bertz CT molecular complexity index is 494. The molecule has 8 heteroatoms. The van der Waals surface area contributed by atoms with Crippen molar-refractivity contribution in [3.8, 4) is 5.75 Å². The van der Waals surface area contributed by atoms with Gasteiger partial charge in [-0.3, -0.25) is 10.1 Å². The lowest BCUT2D eigenvalue weighted by atomic mass is 10.00. The predicted octanol–water partition coefficient (Wildman–Crippen LogP) is -0.199. The van der Waals surface area contributed by atoms with Crippen LogP contribution in [0.4, 0.5) is 5.69 Å². The Labute approximate surface area is 114 Å². The first kappa shape index (κ1) is 14.7. The van der Waals surface area contributed by atoms with Crippen molar-refractivity contribution in [3.63, 3.8) is 0 Å². The van der Waals surface area contributed by atoms with E-state index >= 15 is 0 Å². The van der Waals surface area contributed by atoms with Gasteiger partial charge in [0, 0.05) is 6.07 Å². The highest BCUT2D eigenvalue weighted by molar-refractivity contribution is 5.45. The largest absolute Gasteiger partial charge is 0.455 e. The molecule has 0 aromatic heterocycles. The molecular weight excluding hydrogens is 270 g/mol. The summed E-state index contributed by atoms with van der Waals surface area (Å²) in [5.74, 6) is -0.0858. The summed E-state index contributed by atoms with van der Waals surface area (Å²) in [5.41, 5.74) is -0.281. The molecule has 1 aliphatic heterocycles. The number of para-hydroxylation sites is 2. The smallest absolute Gasteiger partial charge is 0.311 e. The van der Waals surface area contributed by atoms with Gasteiger partial charge in [-0.05, 0) is 13.0 Å². The van der Waals surface area contributed by atoms with Crippen LogP contribution in [0.5, 0.6) is 5.75 Å². The third-order valence-corrected chi connectivity index (χ3v) is 3.11. The van der Waals surface area contributed by atoms with E-state index in [0.717, 1.165) is 0 Å². The van der Waals surface area contributed by atoms with Crippen LogP contribution in [0.2, 0.25) is 0 Å². The molecule has 8 nitrogen and oxygen atoms in total. The monoisotopic (exact) mass is 285 g/mol. The first-order valence-electron chi connectivity index (χ1n) is 6.01. The number of rotatable bonds is 3. The predicted molar refractivity (Wildman–Crippen MR) is 66.1 cm³/mol. The topological polar surface area (TPSA) is 122 Å². The molecule has 110 valence electrons. The Hall–Kier alpha value is -1.74. The van der Waals surface area contributed by atoms with Gasteiger partial charge >= 0.3 is 5.69 Å². The molecule has 0 amide bonds. The highest BCUT2D eigenvalue weighted by atomic mass is 16.7. The van der Waals surface area contributed by atoms with E-state index < -0.39 is 35.6 Å². The zero-order chi connectivity index (χ0) is 14.9. The Kier molecular flexibility index (Phi) is 4.19. The summed E-state index contributed by atoms with van der Waals surface area (Å²) in [6.45, 7) is 1.50. The van der Waals surface area contributed by atoms with Crippen LogP contribution in [-0.4, -0.2) is 50.9 Å². The van der Waals surface area contributed by atoms with E-state index in [0.29, 0.717) is 0 Å². The standard InChI is InChI=1S/C12H15NO7/c1-6-9(14)10(15)11(16)12(19-6)20-8-5-3-2-4-7(8)13(17)18/h2-6,9-12,14-16H,1H3/t6-,9-,10-,11+,12+/m0/s1. The second-order valence-electron chi connectivity index (χ2n) is 4.52. The van der Waals surface area contributed by atoms with Crippen LogP contribution in [0, 0.1) is 10.1 Å². The van der Waals surface area contributed by atoms with E-state index in [9.17, 15) is 25.4 Å². The maximum atomic E-state index is 10.9. The van der Waals surface area contributed by atoms with Crippen molar-refractivity contribution in [1.82, 2.24) is 0 Å². The Morgan fingerprint density at radius 3 is 2.50 bits per heavy atom. The fourth-order valence-electron chi connectivity index (χ4n) is 1.94. The average molecular weight is 285 g/mol. The van der Waals surface area contributed by atoms with Gasteiger partial charge in [0.1, 0.15) is 18.3 Å². The number of nitro benzene ring substituents is 1. The summed E-state index contributed by atoms with van der Waals surface area (Å²) in [6, 6.07) is 5.62. The van der Waals surface area contributed by atoms with Crippen LogP contribution in [0.25, 0.3) is 0 Å². The fourth-order valence-corrected chi connectivity index (χ4v) is 1.94. The molecular formula is C12H15NO7. The summed E-state index contributed by atoms with van der Waals surface area (Å²) < 4.78 is 10.5. The molecule has 2 rings (SSSR count). The molecule has 20 heavy (non-hydrogen) atoms. The third kappa shape index (κ3) is 2.73. The van der Waals surface area contributed by atoms with Gasteiger partial charge in [-0.1, -0.05) is 12.1 Å². The van der Waals surface area contributed by atoms with Gasteiger partial charge in [0.25, 0.3) is 0 Å². The number of aliphatic hydroxyl groups excluding tert-OH is 3. The molecule has 1 aliphatic rings. The zero-order valence-electron chi connectivity index (χ0n) is 10.6. The molecule has 5 atom stereocenters. The summed E-state index contributed by atoms with van der Waals surface area (Å²) in [7, 11) is 0. The normalized spacial score (nSPS) is 33.7. The van der Waals surface area contributed by atoms with Crippen molar-refractivity contribution < 1.29 is 29.7 Å². The van der Waals surface area contributed by atoms with Crippen molar-refractivity contribution in [2.75, 3.05) is 0 Å². The van der Waals surface area contributed by atoms with E-state index in [1.165, 1.54) is 31.2 Å². The van der Waals surface area contributed by atoms with Gasteiger partial charge in [-0.15, -0.1) is 0 Å². The van der Waals surface area contributed by atoms with Crippen molar-refractivity contribution in [3.05, 3.63) is 34.4 Å². The molecule has 0 unspecified atom stereocenters. The maximum Gasteiger partial charge on any atom is 0.311 e. The molecule has 1 fully saturated rings. The van der Waals surface area contributed by atoms with Gasteiger partial charge in [0.05, 0.1) is 11.0 Å². The van der Waals surface area contributed by atoms with Crippen LogP contribution < -0.4 is 4.74 Å². The van der Waals surface area contributed by atoms with E-state index in [4.69, 9.17) is 9.47 Å². The molecule has 0 radical (unpaired) electrons. The van der Waals surface area contributed by atoms with Gasteiger partial charge < -0.3 is 24.8 Å². The zero-order valence-corrected chi connectivity index (χ0v) is 10.6. The summed E-state index contributed by atoms with van der Waals surface area (Å²) >= 11 is 0. The van der Waals surface area contributed by atoms with Gasteiger partial charge in [0.2, 0.25) is 6.29 Å². The molecule has 0 spiro atoms. The molecule has 1 aromatic rings. The van der Waals surface area contributed by atoms with E-state index in [1.807, 2.05) is 0 Å². The van der Waals surface area contributed by atoms with Crippen molar-refractivity contribution >= 4 is 5.69 Å². The minimum absolute atomic E-state index is 0.0858. The van der Waals surface area contributed by atoms with Crippen molar-refractivity contribution in [1.29, 1.82) is 0 Å². The van der Waals surface area contributed by atoms with Crippen LogP contribution in [-0.2, 0) is 4.74 Å². The lowest BCUT2D eigenvalue weighted by molar-refractivity contribution is -0.387. The van der Waals surface area contributed by atoms with Crippen LogP contribution in [0.1, 0.15) is 6.92 Å². The van der Waals surface area contributed by atoms with Crippen LogP contribution in [0.15, 0.2) is 24.3 Å². The number of aliphatic hydroxyl groups is 3. The molecule has 0 saturated carbocycles. The lowest BCUT2D eigenvalue weighted by Crippen LogP contribution is -2.58. The Balaban J connectivity index is 2.20. The Morgan fingerprint density at radius 2 is 1.85 bits per heavy atom. The second-order valence-corrected chi connectivity index (χ2v) is 4.52. The number of benzene rings is 1. The average Bonchev–Trinajstić information content (AvgIpc) is 2.43. The van der Waals surface area contributed by atoms with Crippen LogP contribution in [0.3, 0.4) is 0 Å². The lowest BCUT2D eigenvalue weighted by Gasteiger charge is -2.38. The number of hydrogen-bond acceptors (Lipinski definition) is 7. The highest BCUT2D eigenvalue weighted by Gasteiger charge is 2.43. The van der Waals surface area contributed by atoms with Crippen LogP contribution >= 0.6 is 0 Å². The molecule has 0 aliphatic carbocycles. The van der Waals surface area contributed by atoms with E-state index in [2.05, 4.69) is 0 Å². The summed E-state index contributed by atoms with van der Waals surface area (Å²) in [4.78, 5) is 10.2.